The Bertz CT molecular complexity index is 1380. The summed E-state index contributed by atoms with van der Waals surface area (Å²) in [5.41, 5.74) is 14.5. The fourth-order valence-corrected chi connectivity index (χ4v) is 4.30. The van der Waals surface area contributed by atoms with E-state index < -0.39 is 36.5 Å². The highest BCUT2D eigenvalue weighted by molar-refractivity contribution is 5.82. The number of benzene rings is 1. The molecule has 4 aromatic rings. The maximum absolute atomic E-state index is 12.7. The number of ether oxygens (including phenoxy) is 2. The van der Waals surface area contributed by atoms with Crippen LogP contribution in [0.5, 0.6) is 0 Å². The second-order valence-electron chi connectivity index (χ2n) is 9.00. The molecule has 14 nitrogen and oxygen atoms in total. The van der Waals surface area contributed by atoms with E-state index in [4.69, 9.17) is 20.9 Å². The van der Waals surface area contributed by atoms with Crippen LogP contribution in [0.4, 0.5) is 5.82 Å². The Balaban J connectivity index is 1.14. The molecule has 7 N–H and O–H groups in total. The lowest BCUT2D eigenvalue weighted by Crippen LogP contribution is -2.47. The summed E-state index contributed by atoms with van der Waals surface area (Å²) < 4.78 is 14.9. The molecule has 5 rings (SSSR count). The highest BCUT2D eigenvalue weighted by Gasteiger charge is 2.44. The maximum Gasteiger partial charge on any atom is 0.237 e. The van der Waals surface area contributed by atoms with Gasteiger partial charge in [0.15, 0.2) is 17.7 Å². The first-order chi connectivity index (χ1) is 18.4. The zero-order chi connectivity index (χ0) is 26.6. The van der Waals surface area contributed by atoms with Gasteiger partial charge in [-0.25, -0.2) is 19.9 Å². The molecular weight excluding hydrogens is 494 g/mol. The lowest BCUT2D eigenvalue weighted by atomic mass is 10.1. The Morgan fingerprint density at radius 1 is 1.16 bits per heavy atom. The minimum atomic E-state index is -1.29. The number of aliphatic hydroxyl groups is 2. The van der Waals surface area contributed by atoms with Crippen molar-refractivity contribution in [3.8, 4) is 0 Å². The van der Waals surface area contributed by atoms with Crippen molar-refractivity contribution in [2.45, 2.75) is 50.3 Å². The molecule has 3 aromatic heterocycles. The first-order valence-corrected chi connectivity index (χ1v) is 12.0. The molecule has 1 aliphatic heterocycles. The van der Waals surface area contributed by atoms with Crippen molar-refractivity contribution in [1.29, 1.82) is 0 Å². The van der Waals surface area contributed by atoms with E-state index in [-0.39, 0.29) is 25.5 Å². The van der Waals surface area contributed by atoms with Crippen molar-refractivity contribution in [3.05, 3.63) is 66.8 Å². The van der Waals surface area contributed by atoms with Gasteiger partial charge in [0.1, 0.15) is 36.9 Å². The van der Waals surface area contributed by atoms with Crippen LogP contribution < -0.4 is 16.8 Å². The molecule has 0 spiro atoms. The average Bonchev–Trinajstić information content (AvgIpc) is 3.62. The number of nitrogens with zero attached hydrogens (tertiary/aromatic N) is 6. The number of nitrogen functional groups attached to an aromatic ring is 1. The molecule has 0 aliphatic carbocycles. The highest BCUT2D eigenvalue weighted by Crippen LogP contribution is 2.31. The van der Waals surface area contributed by atoms with Gasteiger partial charge in [0, 0.05) is 24.9 Å². The Hall–Kier alpha value is -3.95. The van der Waals surface area contributed by atoms with Gasteiger partial charge in [-0.2, -0.15) is 0 Å². The van der Waals surface area contributed by atoms with Gasteiger partial charge >= 0.3 is 0 Å². The van der Waals surface area contributed by atoms with Crippen molar-refractivity contribution in [3.63, 3.8) is 0 Å². The summed E-state index contributed by atoms with van der Waals surface area (Å²) in [6.45, 7) is 0.640. The van der Waals surface area contributed by atoms with E-state index in [1.54, 1.807) is 17.1 Å². The van der Waals surface area contributed by atoms with E-state index in [1.807, 2.05) is 30.3 Å². The Labute approximate surface area is 217 Å². The third-order valence-electron chi connectivity index (χ3n) is 6.38. The van der Waals surface area contributed by atoms with Crippen LogP contribution in [0.25, 0.3) is 11.2 Å². The summed E-state index contributed by atoms with van der Waals surface area (Å²) in [4.78, 5) is 29.0. The van der Waals surface area contributed by atoms with Crippen molar-refractivity contribution in [2.24, 2.45) is 5.73 Å². The van der Waals surface area contributed by atoms with E-state index in [0.717, 1.165) is 11.3 Å². The number of carbonyl (C=O) groups excluding carboxylic acids is 1. The first-order valence-electron chi connectivity index (χ1n) is 12.0. The topological polar surface area (TPSA) is 201 Å². The predicted molar refractivity (Wildman–Crippen MR) is 134 cm³/mol. The summed E-state index contributed by atoms with van der Waals surface area (Å²) in [6.07, 6.45) is 1.73. The molecule has 200 valence electrons. The molecule has 0 radical (unpaired) electrons. The number of hydrogen-bond acceptors (Lipinski definition) is 11. The van der Waals surface area contributed by atoms with Gasteiger partial charge in [0.25, 0.3) is 0 Å². The number of aliphatic hydroxyl groups excluding tert-OH is 2. The number of fused-ring (bicyclic) bond motifs is 1. The molecule has 0 unspecified atom stereocenters. The van der Waals surface area contributed by atoms with Crippen molar-refractivity contribution >= 4 is 22.9 Å². The fraction of sp³-hybridized carbons (Fsp3) is 0.375. The SMILES string of the molecule is Nc1ncnc2c1ncn2[C@@H]1O[C@H](CNC(=O)[C@H](N)Cc2cncn2COCc2ccccc2)[C@@H](O)[C@H]1O. The van der Waals surface area contributed by atoms with Gasteiger partial charge in [0.2, 0.25) is 5.91 Å². The molecule has 0 bridgehead atoms. The Morgan fingerprint density at radius 2 is 1.97 bits per heavy atom. The molecular formula is C24H29N9O5. The largest absolute Gasteiger partial charge is 0.387 e. The van der Waals surface area contributed by atoms with Crippen LogP contribution in [0.15, 0.2) is 55.5 Å². The van der Waals surface area contributed by atoms with Crippen LogP contribution in [0.2, 0.25) is 0 Å². The monoisotopic (exact) mass is 523 g/mol. The zero-order valence-electron chi connectivity index (χ0n) is 20.4. The number of rotatable bonds is 10. The van der Waals surface area contributed by atoms with E-state index in [0.29, 0.717) is 17.8 Å². The van der Waals surface area contributed by atoms with Crippen molar-refractivity contribution < 1.29 is 24.5 Å². The molecule has 1 saturated heterocycles. The second-order valence-corrected chi connectivity index (χ2v) is 9.00. The molecule has 1 amide bonds. The van der Waals surface area contributed by atoms with Crippen LogP contribution in [0, 0.1) is 0 Å². The Kier molecular flexibility index (Phi) is 7.57. The summed E-state index contributed by atoms with van der Waals surface area (Å²) in [7, 11) is 0. The fourth-order valence-electron chi connectivity index (χ4n) is 4.30. The molecule has 0 saturated carbocycles. The molecule has 14 heteroatoms. The van der Waals surface area contributed by atoms with Crippen molar-refractivity contribution in [1.82, 2.24) is 34.4 Å². The van der Waals surface area contributed by atoms with Gasteiger partial charge in [-0.3, -0.25) is 9.36 Å². The number of nitrogens with one attached hydrogen (secondary N) is 1. The summed E-state index contributed by atoms with van der Waals surface area (Å²) >= 11 is 0. The molecule has 5 atom stereocenters. The minimum absolute atomic E-state index is 0.0650. The summed E-state index contributed by atoms with van der Waals surface area (Å²) in [5, 5.41) is 23.8. The average molecular weight is 524 g/mol. The van der Waals surface area contributed by atoms with Crippen molar-refractivity contribution in [2.75, 3.05) is 12.3 Å². The van der Waals surface area contributed by atoms with Crippen LogP contribution in [-0.2, 0) is 34.0 Å². The normalized spacial score (nSPS) is 22.1. The van der Waals surface area contributed by atoms with Gasteiger partial charge < -0.3 is 41.0 Å². The number of aromatic nitrogens is 6. The van der Waals surface area contributed by atoms with Crippen LogP contribution in [0.1, 0.15) is 17.5 Å². The van der Waals surface area contributed by atoms with E-state index in [1.165, 1.54) is 17.2 Å². The molecule has 1 aliphatic rings. The summed E-state index contributed by atoms with van der Waals surface area (Å²) in [6, 6.07) is 8.90. The number of anilines is 1. The van der Waals surface area contributed by atoms with Crippen LogP contribution in [-0.4, -0.2) is 76.1 Å². The first kappa shape index (κ1) is 25.7. The number of amides is 1. The maximum atomic E-state index is 12.7. The van der Waals surface area contributed by atoms with Gasteiger partial charge in [-0.1, -0.05) is 30.3 Å². The predicted octanol–water partition coefficient (Wildman–Crippen LogP) is -0.915. The van der Waals surface area contributed by atoms with E-state index in [9.17, 15) is 15.0 Å². The summed E-state index contributed by atoms with van der Waals surface area (Å²) in [5.74, 6) is -0.256. The zero-order valence-corrected chi connectivity index (χ0v) is 20.4. The quantitative estimate of drug-likeness (QED) is 0.172. The number of hydrogen-bond donors (Lipinski definition) is 5. The molecule has 4 heterocycles. The van der Waals surface area contributed by atoms with Crippen LogP contribution in [0.3, 0.4) is 0 Å². The number of imidazole rings is 2. The number of nitrogens with two attached hydrogens (primary N) is 2. The third kappa shape index (κ3) is 5.34. The molecule has 38 heavy (non-hydrogen) atoms. The lowest BCUT2D eigenvalue weighted by Gasteiger charge is -2.18. The van der Waals surface area contributed by atoms with Gasteiger partial charge in [0.05, 0.1) is 25.3 Å². The van der Waals surface area contributed by atoms with Crippen LogP contribution >= 0.6 is 0 Å². The van der Waals surface area contributed by atoms with Gasteiger partial charge in [-0.15, -0.1) is 0 Å². The third-order valence-corrected chi connectivity index (χ3v) is 6.38. The molecule has 1 fully saturated rings. The Morgan fingerprint density at radius 3 is 2.79 bits per heavy atom. The smallest absolute Gasteiger partial charge is 0.237 e. The second kappa shape index (κ2) is 11.2. The highest BCUT2D eigenvalue weighted by atomic mass is 16.6. The van der Waals surface area contributed by atoms with E-state index in [2.05, 4.69) is 25.3 Å². The molecule has 1 aromatic carbocycles. The van der Waals surface area contributed by atoms with E-state index >= 15 is 0 Å². The standard InChI is InChI=1S/C24H29N9O5/c25-16(6-15-7-27-11-32(15)13-37-9-14-4-2-1-3-5-14)23(36)28-8-17-19(34)20(35)24(38-17)33-12-31-18-21(26)29-10-30-22(18)33/h1-5,7,10-12,16-17,19-20,24,34-35H,6,8-9,13,25H2,(H,28,36)(H2,26,29,30)/t16-,17-,19-,20-,24-/m1/s1. The lowest BCUT2D eigenvalue weighted by molar-refractivity contribution is -0.123. The van der Waals surface area contributed by atoms with Gasteiger partial charge in [-0.05, 0) is 5.56 Å². The number of carbonyl (C=O) groups is 1. The minimum Gasteiger partial charge on any atom is -0.387 e.